The molecule has 0 radical (unpaired) electrons. The maximum Gasteiger partial charge on any atom is 0.271 e. The standard InChI is InChI=1S/C22H23F2N3O4/c1-14-2-4-17(27(30)31)13-20(14)25-21(28)8-11-26-9-6-15(7-10-26)22(29)18-12-16(23)3-5-19(18)24/h2-5,12-13,15H,6-11H2,1H3,(H,25,28). The van der Waals surface area contributed by atoms with Crippen LogP contribution in [0.2, 0.25) is 0 Å². The van der Waals surface area contributed by atoms with Crippen molar-refractivity contribution in [1.29, 1.82) is 0 Å². The van der Waals surface area contributed by atoms with E-state index in [2.05, 4.69) is 5.32 Å². The number of rotatable bonds is 7. The Hall–Kier alpha value is -3.20. The first kappa shape index (κ1) is 22.5. The SMILES string of the molecule is Cc1ccc([N+](=O)[O-])cc1NC(=O)CCN1CCC(C(=O)c2cc(F)ccc2F)CC1. The van der Waals surface area contributed by atoms with E-state index in [1.807, 2.05) is 4.90 Å². The van der Waals surface area contributed by atoms with Gasteiger partial charge < -0.3 is 10.2 Å². The summed E-state index contributed by atoms with van der Waals surface area (Å²) in [5.74, 6) is -2.40. The van der Waals surface area contributed by atoms with Gasteiger partial charge in [-0.1, -0.05) is 6.07 Å². The number of carbonyl (C=O) groups is 2. The predicted octanol–water partition coefficient (Wildman–Crippen LogP) is 4.10. The molecule has 31 heavy (non-hydrogen) atoms. The summed E-state index contributed by atoms with van der Waals surface area (Å²) in [6.07, 6.45) is 1.19. The molecule has 0 bridgehead atoms. The van der Waals surface area contributed by atoms with Gasteiger partial charge in [-0.2, -0.15) is 0 Å². The molecule has 0 saturated carbocycles. The smallest absolute Gasteiger partial charge is 0.271 e. The number of Topliss-reactive ketones (excluding diaryl/α,β-unsaturated/α-hetero) is 1. The number of nitrogens with zero attached hydrogens (tertiary/aromatic N) is 2. The molecule has 164 valence electrons. The van der Waals surface area contributed by atoms with E-state index in [0.29, 0.717) is 38.2 Å². The van der Waals surface area contributed by atoms with Crippen molar-refractivity contribution >= 4 is 23.1 Å². The van der Waals surface area contributed by atoms with E-state index in [0.717, 1.165) is 23.8 Å². The highest BCUT2D eigenvalue weighted by molar-refractivity contribution is 5.98. The summed E-state index contributed by atoms with van der Waals surface area (Å²) in [6.45, 7) is 3.35. The fourth-order valence-corrected chi connectivity index (χ4v) is 3.66. The normalized spacial score (nSPS) is 14.9. The average Bonchev–Trinajstić information content (AvgIpc) is 2.75. The van der Waals surface area contributed by atoms with Crippen LogP contribution >= 0.6 is 0 Å². The molecule has 3 rings (SSSR count). The van der Waals surface area contributed by atoms with Crippen LogP contribution in [0.3, 0.4) is 0 Å². The minimum Gasteiger partial charge on any atom is -0.326 e. The zero-order chi connectivity index (χ0) is 22.5. The maximum absolute atomic E-state index is 13.9. The number of ketones is 1. The van der Waals surface area contributed by atoms with E-state index in [4.69, 9.17) is 0 Å². The molecule has 2 aromatic carbocycles. The van der Waals surface area contributed by atoms with Crippen molar-refractivity contribution in [1.82, 2.24) is 4.90 Å². The first-order valence-corrected chi connectivity index (χ1v) is 10.0. The van der Waals surface area contributed by atoms with Crippen LogP contribution < -0.4 is 5.32 Å². The van der Waals surface area contributed by atoms with Crippen molar-refractivity contribution < 1.29 is 23.3 Å². The second-order valence-corrected chi connectivity index (χ2v) is 7.66. The Balaban J connectivity index is 1.49. The third kappa shape index (κ3) is 5.69. The molecule has 1 amide bonds. The summed E-state index contributed by atoms with van der Waals surface area (Å²) >= 11 is 0. The van der Waals surface area contributed by atoms with Gasteiger partial charge in [0.15, 0.2) is 5.78 Å². The number of hydrogen-bond acceptors (Lipinski definition) is 5. The van der Waals surface area contributed by atoms with Crippen LogP contribution in [0.25, 0.3) is 0 Å². The summed E-state index contributed by atoms with van der Waals surface area (Å²) < 4.78 is 27.2. The third-order valence-electron chi connectivity index (χ3n) is 5.51. The van der Waals surface area contributed by atoms with Gasteiger partial charge in [-0.25, -0.2) is 8.78 Å². The molecule has 0 aromatic heterocycles. The van der Waals surface area contributed by atoms with Gasteiger partial charge >= 0.3 is 0 Å². The number of halogens is 2. The quantitative estimate of drug-likeness (QED) is 0.405. The van der Waals surface area contributed by atoms with E-state index < -0.39 is 22.3 Å². The first-order chi connectivity index (χ1) is 14.7. The molecule has 1 saturated heterocycles. The van der Waals surface area contributed by atoms with Crippen molar-refractivity contribution in [2.75, 3.05) is 25.0 Å². The largest absolute Gasteiger partial charge is 0.326 e. The minimum atomic E-state index is -0.720. The molecule has 0 aliphatic carbocycles. The Labute approximate surface area is 178 Å². The Kier molecular flexibility index (Phi) is 7.06. The number of anilines is 1. The van der Waals surface area contributed by atoms with E-state index in [-0.39, 0.29) is 29.5 Å². The average molecular weight is 431 g/mol. The topological polar surface area (TPSA) is 92.6 Å². The number of likely N-dealkylation sites (tertiary alicyclic amines) is 1. The number of non-ortho nitro benzene ring substituents is 1. The van der Waals surface area contributed by atoms with Gasteiger partial charge in [0.2, 0.25) is 5.91 Å². The number of aryl methyl sites for hydroxylation is 1. The molecule has 1 N–H and O–H groups in total. The number of nitro benzene ring substituents is 1. The zero-order valence-corrected chi connectivity index (χ0v) is 17.1. The maximum atomic E-state index is 13.9. The molecule has 1 aliphatic heterocycles. The zero-order valence-electron chi connectivity index (χ0n) is 17.1. The molecular formula is C22H23F2N3O4. The molecule has 0 spiro atoms. The van der Waals surface area contributed by atoms with Crippen molar-refractivity contribution in [2.45, 2.75) is 26.2 Å². The van der Waals surface area contributed by atoms with Crippen LogP contribution in [-0.4, -0.2) is 41.1 Å². The molecular weight excluding hydrogens is 408 g/mol. The van der Waals surface area contributed by atoms with Crippen LogP contribution in [0.15, 0.2) is 36.4 Å². The lowest BCUT2D eigenvalue weighted by molar-refractivity contribution is -0.384. The molecule has 1 aliphatic rings. The van der Waals surface area contributed by atoms with Crippen molar-refractivity contribution in [3.63, 3.8) is 0 Å². The van der Waals surface area contributed by atoms with E-state index in [1.165, 1.54) is 12.1 Å². The van der Waals surface area contributed by atoms with Gasteiger partial charge in [0.1, 0.15) is 11.6 Å². The molecule has 0 atom stereocenters. The second-order valence-electron chi connectivity index (χ2n) is 7.66. The fraction of sp³-hybridized carbons (Fsp3) is 0.364. The number of hydrogen-bond donors (Lipinski definition) is 1. The summed E-state index contributed by atoms with van der Waals surface area (Å²) in [7, 11) is 0. The van der Waals surface area contributed by atoms with Crippen molar-refractivity contribution in [3.8, 4) is 0 Å². The highest BCUT2D eigenvalue weighted by atomic mass is 19.1. The first-order valence-electron chi connectivity index (χ1n) is 10.0. The summed E-state index contributed by atoms with van der Waals surface area (Å²) in [6, 6.07) is 7.16. The lowest BCUT2D eigenvalue weighted by Crippen LogP contribution is -2.38. The third-order valence-corrected chi connectivity index (χ3v) is 5.51. The van der Waals surface area contributed by atoms with Gasteiger partial charge in [-0.15, -0.1) is 0 Å². The number of carbonyl (C=O) groups excluding carboxylic acids is 2. The van der Waals surface area contributed by atoms with Gasteiger partial charge in [0.05, 0.1) is 16.2 Å². The van der Waals surface area contributed by atoms with Gasteiger partial charge in [0.25, 0.3) is 5.69 Å². The molecule has 1 heterocycles. The number of amides is 1. The second kappa shape index (κ2) is 9.74. The van der Waals surface area contributed by atoms with Crippen molar-refractivity contribution in [2.24, 2.45) is 5.92 Å². The predicted molar refractivity (Wildman–Crippen MR) is 111 cm³/mol. The Bertz CT molecular complexity index is 1000. The summed E-state index contributed by atoms with van der Waals surface area (Å²) in [5, 5.41) is 13.6. The molecule has 2 aromatic rings. The minimum absolute atomic E-state index is 0.0950. The lowest BCUT2D eigenvalue weighted by atomic mass is 9.88. The number of benzene rings is 2. The van der Waals surface area contributed by atoms with Gasteiger partial charge in [-0.05, 0) is 56.6 Å². The fourth-order valence-electron chi connectivity index (χ4n) is 3.66. The monoisotopic (exact) mass is 431 g/mol. The van der Waals surface area contributed by atoms with Gasteiger partial charge in [0, 0.05) is 31.0 Å². The van der Waals surface area contributed by atoms with Gasteiger partial charge in [-0.3, -0.25) is 19.7 Å². The van der Waals surface area contributed by atoms with Crippen LogP contribution in [0.5, 0.6) is 0 Å². The van der Waals surface area contributed by atoms with Crippen LogP contribution in [0, 0.1) is 34.6 Å². The number of piperidine rings is 1. The number of nitrogens with one attached hydrogen (secondary N) is 1. The van der Waals surface area contributed by atoms with Crippen LogP contribution in [-0.2, 0) is 4.79 Å². The molecule has 9 heteroatoms. The molecule has 1 fully saturated rings. The Morgan fingerprint density at radius 2 is 1.87 bits per heavy atom. The summed E-state index contributed by atoms with van der Waals surface area (Å²) in [5.41, 5.74) is 0.816. The lowest BCUT2D eigenvalue weighted by Gasteiger charge is -2.31. The Morgan fingerprint density at radius 3 is 2.55 bits per heavy atom. The van der Waals surface area contributed by atoms with E-state index in [1.54, 1.807) is 13.0 Å². The van der Waals surface area contributed by atoms with Crippen LogP contribution in [0.1, 0.15) is 35.2 Å². The van der Waals surface area contributed by atoms with E-state index >= 15 is 0 Å². The van der Waals surface area contributed by atoms with E-state index in [9.17, 15) is 28.5 Å². The Morgan fingerprint density at radius 1 is 1.16 bits per heavy atom. The molecule has 7 nitrogen and oxygen atoms in total. The summed E-state index contributed by atoms with van der Waals surface area (Å²) in [4.78, 5) is 37.2. The number of nitro groups is 1. The van der Waals surface area contributed by atoms with Crippen molar-refractivity contribution in [3.05, 3.63) is 69.3 Å². The molecule has 0 unspecified atom stereocenters. The van der Waals surface area contributed by atoms with Crippen LogP contribution in [0.4, 0.5) is 20.2 Å². The highest BCUT2D eigenvalue weighted by Crippen LogP contribution is 2.25. The highest BCUT2D eigenvalue weighted by Gasteiger charge is 2.28.